The first-order valence-electron chi connectivity index (χ1n) is 4.65. The average Bonchev–Trinajstić information content (AvgIpc) is 2.67. The first-order valence-corrected chi connectivity index (χ1v) is 4.65. The number of benzene rings is 1. The Morgan fingerprint density at radius 1 is 1.44 bits per heavy atom. The fourth-order valence-electron chi connectivity index (χ4n) is 1.34. The molecule has 0 atom stereocenters. The fourth-order valence-corrected chi connectivity index (χ4v) is 1.34. The van der Waals surface area contributed by atoms with E-state index >= 15 is 0 Å². The van der Waals surface area contributed by atoms with Gasteiger partial charge in [0, 0.05) is 19.3 Å². The summed E-state index contributed by atoms with van der Waals surface area (Å²) in [6, 6.07) is 7.69. The molecule has 80 valence electrons. The van der Waals surface area contributed by atoms with Crippen molar-refractivity contribution in [3.05, 3.63) is 41.8 Å². The first-order chi connectivity index (χ1) is 7.69. The standard InChI is InChI=1S/C11H9FN4/c1-16-5-4-11(15-16)14-10-3-2-9(12)6-8(10)7-13/h2-6H,1H3,(H,14,15). The lowest BCUT2D eigenvalue weighted by atomic mass is 10.2. The van der Waals surface area contributed by atoms with Crippen LogP contribution in [0.5, 0.6) is 0 Å². The van der Waals surface area contributed by atoms with Gasteiger partial charge in [0.25, 0.3) is 0 Å². The Morgan fingerprint density at radius 3 is 2.88 bits per heavy atom. The molecular formula is C11H9FN4. The SMILES string of the molecule is Cn1ccc(Nc2ccc(F)cc2C#N)n1. The predicted octanol–water partition coefficient (Wildman–Crippen LogP) is 2.17. The van der Waals surface area contributed by atoms with Crippen LogP contribution >= 0.6 is 0 Å². The van der Waals surface area contributed by atoms with Gasteiger partial charge in [-0.1, -0.05) is 0 Å². The van der Waals surface area contributed by atoms with E-state index in [1.165, 1.54) is 18.2 Å². The summed E-state index contributed by atoms with van der Waals surface area (Å²) >= 11 is 0. The fraction of sp³-hybridized carbons (Fsp3) is 0.0909. The van der Waals surface area contributed by atoms with Crippen molar-refractivity contribution in [2.45, 2.75) is 0 Å². The highest BCUT2D eigenvalue weighted by molar-refractivity contribution is 5.64. The van der Waals surface area contributed by atoms with Crippen LogP contribution < -0.4 is 5.32 Å². The van der Waals surface area contributed by atoms with Gasteiger partial charge in [-0.15, -0.1) is 0 Å². The number of nitrogens with one attached hydrogen (secondary N) is 1. The van der Waals surface area contributed by atoms with Crippen LogP contribution in [-0.2, 0) is 7.05 Å². The lowest BCUT2D eigenvalue weighted by molar-refractivity contribution is 0.627. The van der Waals surface area contributed by atoms with Crippen LogP contribution in [0.2, 0.25) is 0 Å². The maximum atomic E-state index is 12.9. The smallest absolute Gasteiger partial charge is 0.152 e. The van der Waals surface area contributed by atoms with Gasteiger partial charge in [0.15, 0.2) is 5.82 Å². The molecule has 0 aliphatic rings. The molecular weight excluding hydrogens is 207 g/mol. The number of aromatic nitrogens is 2. The molecule has 1 heterocycles. The molecule has 0 unspecified atom stereocenters. The van der Waals surface area contributed by atoms with Crippen molar-refractivity contribution in [1.29, 1.82) is 5.26 Å². The van der Waals surface area contributed by atoms with Crippen LogP contribution in [0.25, 0.3) is 0 Å². The van der Waals surface area contributed by atoms with Crippen LogP contribution in [0.1, 0.15) is 5.56 Å². The van der Waals surface area contributed by atoms with E-state index in [4.69, 9.17) is 5.26 Å². The van der Waals surface area contributed by atoms with Crippen molar-refractivity contribution in [3.8, 4) is 6.07 Å². The molecule has 1 N–H and O–H groups in total. The van der Waals surface area contributed by atoms with Gasteiger partial charge < -0.3 is 5.32 Å². The highest BCUT2D eigenvalue weighted by Crippen LogP contribution is 2.19. The van der Waals surface area contributed by atoms with E-state index in [-0.39, 0.29) is 5.56 Å². The molecule has 1 aromatic heterocycles. The van der Waals surface area contributed by atoms with Crippen LogP contribution in [0.4, 0.5) is 15.9 Å². The summed E-state index contributed by atoms with van der Waals surface area (Å²) in [6.07, 6.45) is 1.78. The molecule has 0 aliphatic heterocycles. The second-order valence-electron chi connectivity index (χ2n) is 3.30. The van der Waals surface area contributed by atoms with E-state index in [1.807, 2.05) is 6.07 Å². The molecule has 0 radical (unpaired) electrons. The van der Waals surface area contributed by atoms with E-state index < -0.39 is 5.82 Å². The van der Waals surface area contributed by atoms with Gasteiger partial charge in [-0.2, -0.15) is 10.4 Å². The van der Waals surface area contributed by atoms with Crippen LogP contribution in [-0.4, -0.2) is 9.78 Å². The van der Waals surface area contributed by atoms with E-state index in [1.54, 1.807) is 24.0 Å². The third-order valence-electron chi connectivity index (χ3n) is 2.08. The minimum atomic E-state index is -0.428. The molecule has 0 fully saturated rings. The minimum Gasteiger partial charge on any atom is -0.338 e. The first kappa shape index (κ1) is 10.2. The summed E-state index contributed by atoms with van der Waals surface area (Å²) in [4.78, 5) is 0. The monoisotopic (exact) mass is 216 g/mol. The van der Waals surface area contributed by atoms with Crippen molar-refractivity contribution < 1.29 is 4.39 Å². The van der Waals surface area contributed by atoms with Crippen LogP contribution in [0.15, 0.2) is 30.5 Å². The summed E-state index contributed by atoms with van der Waals surface area (Å²) < 4.78 is 14.5. The molecule has 0 amide bonds. The van der Waals surface area contributed by atoms with E-state index in [9.17, 15) is 4.39 Å². The van der Waals surface area contributed by atoms with Crippen molar-refractivity contribution in [2.75, 3.05) is 5.32 Å². The Balaban J connectivity index is 2.31. The Hall–Kier alpha value is -2.35. The molecule has 0 aliphatic carbocycles. The number of hydrogen-bond acceptors (Lipinski definition) is 3. The molecule has 1 aromatic carbocycles. The predicted molar refractivity (Wildman–Crippen MR) is 57.6 cm³/mol. The number of halogens is 1. The third kappa shape index (κ3) is 2.01. The maximum absolute atomic E-state index is 12.9. The summed E-state index contributed by atoms with van der Waals surface area (Å²) in [5.41, 5.74) is 0.799. The van der Waals surface area contributed by atoms with Crippen LogP contribution in [0, 0.1) is 17.1 Å². The van der Waals surface area contributed by atoms with Crippen LogP contribution in [0.3, 0.4) is 0 Å². The lowest BCUT2D eigenvalue weighted by Gasteiger charge is -2.04. The largest absolute Gasteiger partial charge is 0.338 e. The third-order valence-corrected chi connectivity index (χ3v) is 2.08. The topological polar surface area (TPSA) is 53.6 Å². The Kier molecular flexibility index (Phi) is 2.56. The molecule has 0 bridgehead atoms. The molecule has 16 heavy (non-hydrogen) atoms. The lowest BCUT2D eigenvalue weighted by Crippen LogP contribution is -1.96. The van der Waals surface area contributed by atoms with Gasteiger partial charge in [-0.05, 0) is 18.2 Å². The summed E-state index contributed by atoms with van der Waals surface area (Å²) in [5.74, 6) is 0.189. The normalized spacial score (nSPS) is 9.81. The molecule has 0 saturated heterocycles. The molecule has 5 heteroatoms. The molecule has 4 nitrogen and oxygen atoms in total. The summed E-state index contributed by atoms with van der Waals surface area (Å²) in [5, 5.41) is 15.9. The maximum Gasteiger partial charge on any atom is 0.152 e. The number of hydrogen-bond donors (Lipinski definition) is 1. The second-order valence-corrected chi connectivity index (χ2v) is 3.30. The number of nitriles is 1. The number of anilines is 2. The Labute approximate surface area is 91.9 Å². The zero-order valence-corrected chi connectivity index (χ0v) is 8.61. The number of rotatable bonds is 2. The number of nitrogens with zero attached hydrogens (tertiary/aromatic N) is 3. The second kappa shape index (κ2) is 4.03. The summed E-state index contributed by atoms with van der Waals surface area (Å²) in [7, 11) is 1.79. The van der Waals surface area contributed by atoms with Gasteiger partial charge in [-0.25, -0.2) is 4.39 Å². The zero-order valence-electron chi connectivity index (χ0n) is 8.61. The Bertz CT molecular complexity index is 553. The quantitative estimate of drug-likeness (QED) is 0.837. The van der Waals surface area contributed by atoms with Crippen molar-refractivity contribution in [2.24, 2.45) is 7.05 Å². The van der Waals surface area contributed by atoms with Gasteiger partial charge in [-0.3, -0.25) is 4.68 Å². The van der Waals surface area contributed by atoms with Crippen molar-refractivity contribution in [1.82, 2.24) is 9.78 Å². The molecule has 2 rings (SSSR count). The molecule has 0 saturated carbocycles. The average molecular weight is 216 g/mol. The zero-order chi connectivity index (χ0) is 11.5. The molecule has 0 spiro atoms. The molecule has 2 aromatic rings. The number of aryl methyl sites for hydroxylation is 1. The minimum absolute atomic E-state index is 0.255. The van der Waals surface area contributed by atoms with Gasteiger partial charge in [0.05, 0.1) is 11.3 Å². The highest BCUT2D eigenvalue weighted by atomic mass is 19.1. The van der Waals surface area contributed by atoms with E-state index in [0.717, 1.165) is 0 Å². The van der Waals surface area contributed by atoms with E-state index in [0.29, 0.717) is 11.5 Å². The Morgan fingerprint density at radius 2 is 2.25 bits per heavy atom. The van der Waals surface area contributed by atoms with Crippen molar-refractivity contribution >= 4 is 11.5 Å². The van der Waals surface area contributed by atoms with Crippen molar-refractivity contribution in [3.63, 3.8) is 0 Å². The van der Waals surface area contributed by atoms with Gasteiger partial charge >= 0.3 is 0 Å². The summed E-state index contributed by atoms with van der Waals surface area (Å²) in [6.45, 7) is 0. The highest BCUT2D eigenvalue weighted by Gasteiger charge is 2.05. The van der Waals surface area contributed by atoms with Gasteiger partial charge in [0.1, 0.15) is 11.9 Å². The van der Waals surface area contributed by atoms with E-state index in [2.05, 4.69) is 10.4 Å². The van der Waals surface area contributed by atoms with Gasteiger partial charge in [0.2, 0.25) is 0 Å².